The molecule has 1 aromatic carbocycles. The zero-order chi connectivity index (χ0) is 17.8. The second kappa shape index (κ2) is 8.03. The fourth-order valence-electron chi connectivity index (χ4n) is 4.71. The Balaban J connectivity index is 1.49. The van der Waals surface area contributed by atoms with E-state index in [0.717, 1.165) is 32.1 Å². The Hall–Kier alpha value is -1.84. The van der Waals surface area contributed by atoms with E-state index >= 15 is 0 Å². The average Bonchev–Trinajstić information content (AvgIpc) is 2.61. The Morgan fingerprint density at radius 3 is 2.72 bits per heavy atom. The molecule has 2 fully saturated rings. The van der Waals surface area contributed by atoms with E-state index in [4.69, 9.17) is 0 Å². The van der Waals surface area contributed by atoms with E-state index < -0.39 is 0 Å². The van der Waals surface area contributed by atoms with Gasteiger partial charge >= 0.3 is 0 Å². The highest BCUT2D eigenvalue weighted by molar-refractivity contribution is 5.80. The summed E-state index contributed by atoms with van der Waals surface area (Å²) < 4.78 is 0. The third-order valence-electron chi connectivity index (χ3n) is 6.17. The summed E-state index contributed by atoms with van der Waals surface area (Å²) in [6, 6.07) is 10.5. The quantitative estimate of drug-likeness (QED) is 0.864. The number of piperidine rings is 1. The molecule has 1 aliphatic carbocycles. The van der Waals surface area contributed by atoms with Crippen molar-refractivity contribution in [3.05, 3.63) is 35.9 Å². The minimum atomic E-state index is 0.119. The fourth-order valence-corrected chi connectivity index (χ4v) is 4.71. The second-order valence-electron chi connectivity index (χ2n) is 7.72. The molecule has 5 atom stereocenters. The van der Waals surface area contributed by atoms with E-state index in [0.29, 0.717) is 18.3 Å². The first kappa shape index (κ1) is 18.0. The summed E-state index contributed by atoms with van der Waals surface area (Å²) in [7, 11) is 0. The highest BCUT2D eigenvalue weighted by atomic mass is 16.2. The Bertz CT molecular complexity index is 601. The number of carbonyl (C=O) groups excluding carboxylic acids is 2. The van der Waals surface area contributed by atoms with Crippen LogP contribution in [0.15, 0.2) is 30.3 Å². The van der Waals surface area contributed by atoms with Crippen molar-refractivity contribution < 1.29 is 9.59 Å². The summed E-state index contributed by atoms with van der Waals surface area (Å²) in [5, 5.41) is 6.41. The normalized spacial score (nSPS) is 31.8. The molecule has 4 heteroatoms. The first-order chi connectivity index (χ1) is 12.1. The maximum Gasteiger partial charge on any atom is 0.223 e. The van der Waals surface area contributed by atoms with Gasteiger partial charge in [-0.1, -0.05) is 44.2 Å². The van der Waals surface area contributed by atoms with Crippen molar-refractivity contribution in [2.75, 3.05) is 0 Å². The van der Waals surface area contributed by atoms with Gasteiger partial charge in [0.2, 0.25) is 11.8 Å². The molecule has 0 spiro atoms. The van der Waals surface area contributed by atoms with Crippen LogP contribution in [0.1, 0.15) is 51.5 Å². The number of hydrogen-bond donors (Lipinski definition) is 2. The Morgan fingerprint density at radius 2 is 2.00 bits per heavy atom. The summed E-state index contributed by atoms with van der Waals surface area (Å²) >= 11 is 0. The Labute approximate surface area is 150 Å². The zero-order valence-corrected chi connectivity index (χ0v) is 15.3. The molecule has 0 bridgehead atoms. The number of aryl methyl sites for hydroxylation is 1. The number of carbonyl (C=O) groups is 2. The lowest BCUT2D eigenvalue weighted by Gasteiger charge is -2.46. The van der Waals surface area contributed by atoms with Gasteiger partial charge in [0.15, 0.2) is 0 Å². The summed E-state index contributed by atoms with van der Waals surface area (Å²) in [6.45, 7) is 4.32. The molecule has 5 unspecified atom stereocenters. The number of hydrogen-bond acceptors (Lipinski definition) is 2. The molecule has 1 heterocycles. The monoisotopic (exact) mass is 342 g/mol. The zero-order valence-electron chi connectivity index (χ0n) is 15.3. The number of rotatable bonds is 5. The van der Waals surface area contributed by atoms with Crippen LogP contribution in [-0.4, -0.2) is 23.9 Å². The van der Waals surface area contributed by atoms with Gasteiger partial charge in [-0.3, -0.25) is 9.59 Å². The lowest BCUT2D eigenvalue weighted by Crippen LogP contribution is -2.58. The van der Waals surface area contributed by atoms with Crippen LogP contribution in [0.2, 0.25) is 0 Å². The van der Waals surface area contributed by atoms with E-state index in [1.54, 1.807) is 0 Å². The second-order valence-corrected chi connectivity index (χ2v) is 7.72. The van der Waals surface area contributed by atoms with Gasteiger partial charge in [-0.05, 0) is 49.5 Å². The largest absolute Gasteiger partial charge is 0.353 e. The lowest BCUT2D eigenvalue weighted by atomic mass is 9.67. The molecule has 0 aromatic heterocycles. The lowest BCUT2D eigenvalue weighted by molar-refractivity contribution is -0.133. The van der Waals surface area contributed by atoms with Crippen LogP contribution in [0.5, 0.6) is 0 Å². The molecule has 0 radical (unpaired) electrons. The van der Waals surface area contributed by atoms with Gasteiger partial charge in [-0.15, -0.1) is 0 Å². The minimum absolute atomic E-state index is 0.119. The topological polar surface area (TPSA) is 58.2 Å². The molecule has 1 saturated carbocycles. The van der Waals surface area contributed by atoms with E-state index in [9.17, 15) is 9.59 Å². The fraction of sp³-hybridized carbons (Fsp3) is 0.619. The minimum Gasteiger partial charge on any atom is -0.353 e. The van der Waals surface area contributed by atoms with E-state index in [2.05, 4.69) is 36.6 Å². The number of amides is 2. The van der Waals surface area contributed by atoms with Crippen LogP contribution in [0.25, 0.3) is 0 Å². The standard InChI is InChI=1S/C21H30N2O2/c1-3-17-14(2)18-11-10-16(13-19(18)23-21(17)25)22-20(24)12-9-15-7-5-4-6-8-15/h4-8,14,16-19H,3,9-13H2,1-2H3,(H,22,24)(H,23,25). The molecule has 2 aliphatic rings. The molecular formula is C21H30N2O2. The maximum atomic E-state index is 12.3. The van der Waals surface area contributed by atoms with Crippen molar-refractivity contribution >= 4 is 11.8 Å². The molecule has 1 aliphatic heterocycles. The van der Waals surface area contributed by atoms with Gasteiger partial charge in [-0.25, -0.2) is 0 Å². The Kier molecular flexibility index (Phi) is 5.77. The first-order valence-electron chi connectivity index (χ1n) is 9.72. The predicted molar refractivity (Wildman–Crippen MR) is 98.9 cm³/mol. The van der Waals surface area contributed by atoms with Crippen LogP contribution < -0.4 is 10.6 Å². The van der Waals surface area contributed by atoms with Crippen molar-refractivity contribution in [2.45, 2.75) is 64.5 Å². The van der Waals surface area contributed by atoms with Crippen LogP contribution >= 0.6 is 0 Å². The third-order valence-corrected chi connectivity index (χ3v) is 6.17. The summed E-state index contributed by atoms with van der Waals surface area (Å²) in [6.07, 6.45) is 5.19. The van der Waals surface area contributed by atoms with Gasteiger partial charge in [0.25, 0.3) is 0 Å². The first-order valence-corrected chi connectivity index (χ1v) is 9.72. The van der Waals surface area contributed by atoms with E-state index in [1.807, 2.05) is 18.2 Å². The van der Waals surface area contributed by atoms with Crippen molar-refractivity contribution in [2.24, 2.45) is 17.8 Å². The van der Waals surface area contributed by atoms with Gasteiger partial charge < -0.3 is 10.6 Å². The third kappa shape index (κ3) is 4.23. The van der Waals surface area contributed by atoms with Crippen molar-refractivity contribution in [1.29, 1.82) is 0 Å². The number of benzene rings is 1. The van der Waals surface area contributed by atoms with Gasteiger partial charge in [0.05, 0.1) is 0 Å². The van der Waals surface area contributed by atoms with Crippen molar-refractivity contribution in [3.8, 4) is 0 Å². The molecule has 2 N–H and O–H groups in total. The predicted octanol–water partition coefficient (Wildman–Crippen LogP) is 3.06. The number of fused-ring (bicyclic) bond motifs is 1. The number of nitrogens with one attached hydrogen (secondary N) is 2. The molecular weight excluding hydrogens is 312 g/mol. The van der Waals surface area contributed by atoms with Crippen LogP contribution in [-0.2, 0) is 16.0 Å². The SMILES string of the molecule is CCC1C(=O)NC2CC(NC(=O)CCc3ccccc3)CCC2C1C. The molecule has 4 nitrogen and oxygen atoms in total. The van der Waals surface area contributed by atoms with Crippen LogP contribution in [0, 0.1) is 17.8 Å². The van der Waals surface area contributed by atoms with Gasteiger partial charge in [0, 0.05) is 24.4 Å². The molecule has 25 heavy (non-hydrogen) atoms. The molecule has 1 aromatic rings. The molecule has 3 rings (SSSR count). The van der Waals surface area contributed by atoms with Crippen molar-refractivity contribution in [1.82, 2.24) is 10.6 Å². The van der Waals surface area contributed by atoms with Gasteiger partial charge in [0.1, 0.15) is 0 Å². The highest BCUT2D eigenvalue weighted by Gasteiger charge is 2.43. The summed E-state index contributed by atoms with van der Waals surface area (Å²) in [5.74, 6) is 1.47. The van der Waals surface area contributed by atoms with E-state index in [-0.39, 0.29) is 29.8 Å². The van der Waals surface area contributed by atoms with Gasteiger partial charge in [-0.2, -0.15) is 0 Å². The molecule has 2 amide bonds. The molecule has 1 saturated heterocycles. The maximum absolute atomic E-state index is 12.3. The summed E-state index contributed by atoms with van der Waals surface area (Å²) in [5.41, 5.74) is 1.19. The van der Waals surface area contributed by atoms with Crippen molar-refractivity contribution in [3.63, 3.8) is 0 Å². The smallest absolute Gasteiger partial charge is 0.223 e. The highest BCUT2D eigenvalue weighted by Crippen LogP contribution is 2.38. The van der Waals surface area contributed by atoms with E-state index in [1.165, 1.54) is 5.56 Å². The van der Waals surface area contributed by atoms with Crippen LogP contribution in [0.4, 0.5) is 0 Å². The Morgan fingerprint density at radius 1 is 1.24 bits per heavy atom. The molecule has 136 valence electrons. The average molecular weight is 342 g/mol. The van der Waals surface area contributed by atoms with Crippen LogP contribution in [0.3, 0.4) is 0 Å². The summed E-state index contributed by atoms with van der Waals surface area (Å²) in [4.78, 5) is 24.6.